The van der Waals surface area contributed by atoms with Gasteiger partial charge in [-0.15, -0.1) is 0 Å². The topological polar surface area (TPSA) is 89.3 Å². The number of hydrogen-bond donors (Lipinski definition) is 1. The van der Waals surface area contributed by atoms with E-state index in [1.807, 2.05) is 0 Å². The van der Waals surface area contributed by atoms with Crippen LogP contribution in [0.2, 0.25) is 0 Å². The van der Waals surface area contributed by atoms with Crippen LogP contribution >= 0.6 is 0 Å². The maximum absolute atomic E-state index is 11.5. The Labute approximate surface area is 93.5 Å². The predicted molar refractivity (Wildman–Crippen MR) is 59.5 cm³/mol. The molecular weight excluding hydrogens is 232 g/mol. The molecule has 0 aliphatic rings. The summed E-state index contributed by atoms with van der Waals surface area (Å²) in [4.78, 5) is 9.88. The Hall–Kier alpha value is -1.47. The van der Waals surface area contributed by atoms with Crippen molar-refractivity contribution >= 4 is 15.7 Å². The van der Waals surface area contributed by atoms with Crippen LogP contribution in [0.4, 0.5) is 5.69 Å². The molecule has 1 aromatic rings. The Morgan fingerprint density at radius 3 is 2.19 bits per heavy atom. The summed E-state index contributed by atoms with van der Waals surface area (Å²) in [6.45, 7) is 1.52. The minimum absolute atomic E-state index is 0.0576. The standard InChI is InChI=1S/C9H12N2O4S/c1-7(16(14,15)10-2)8-3-5-9(6-4-8)11(12)13/h3-7,10H,1-2H3. The molecule has 1 atom stereocenters. The fourth-order valence-corrected chi connectivity index (χ4v) is 2.09. The summed E-state index contributed by atoms with van der Waals surface area (Å²) in [5, 5.41) is 9.67. The molecule has 6 nitrogen and oxygen atoms in total. The number of benzene rings is 1. The molecule has 7 heteroatoms. The van der Waals surface area contributed by atoms with E-state index in [1.54, 1.807) is 0 Å². The van der Waals surface area contributed by atoms with Gasteiger partial charge in [0.25, 0.3) is 5.69 Å². The molecule has 0 aliphatic carbocycles. The Balaban J connectivity index is 3.03. The van der Waals surface area contributed by atoms with Crippen molar-refractivity contribution in [2.24, 2.45) is 0 Å². The van der Waals surface area contributed by atoms with E-state index in [2.05, 4.69) is 4.72 Å². The van der Waals surface area contributed by atoms with Crippen molar-refractivity contribution in [2.75, 3.05) is 7.05 Å². The van der Waals surface area contributed by atoms with Crippen LogP contribution < -0.4 is 4.72 Å². The fourth-order valence-electron chi connectivity index (χ4n) is 1.22. The van der Waals surface area contributed by atoms with E-state index in [0.29, 0.717) is 5.56 Å². The number of hydrogen-bond acceptors (Lipinski definition) is 4. The van der Waals surface area contributed by atoms with Crippen LogP contribution in [-0.4, -0.2) is 20.4 Å². The Bertz CT molecular complexity index is 481. The molecule has 0 heterocycles. The number of rotatable bonds is 4. The first-order valence-electron chi connectivity index (χ1n) is 4.55. The maximum Gasteiger partial charge on any atom is 0.269 e. The van der Waals surface area contributed by atoms with Gasteiger partial charge in [-0.25, -0.2) is 13.1 Å². The van der Waals surface area contributed by atoms with Gasteiger partial charge in [0, 0.05) is 12.1 Å². The van der Waals surface area contributed by atoms with Gasteiger partial charge in [-0.3, -0.25) is 10.1 Å². The first-order chi connectivity index (χ1) is 7.38. The average molecular weight is 244 g/mol. The van der Waals surface area contributed by atoms with Gasteiger partial charge in [-0.2, -0.15) is 0 Å². The smallest absolute Gasteiger partial charge is 0.258 e. The van der Waals surface area contributed by atoms with Gasteiger partial charge in [0.2, 0.25) is 10.0 Å². The normalized spacial score (nSPS) is 13.4. The van der Waals surface area contributed by atoms with E-state index in [4.69, 9.17) is 0 Å². The SMILES string of the molecule is CNS(=O)(=O)C(C)c1ccc([N+](=O)[O-])cc1. The molecule has 88 valence electrons. The van der Waals surface area contributed by atoms with Gasteiger partial charge in [0.1, 0.15) is 0 Å². The number of non-ortho nitro benzene ring substituents is 1. The molecule has 1 N–H and O–H groups in total. The monoisotopic (exact) mass is 244 g/mol. The number of nitrogens with one attached hydrogen (secondary N) is 1. The lowest BCUT2D eigenvalue weighted by Gasteiger charge is -2.11. The van der Waals surface area contributed by atoms with Crippen molar-refractivity contribution in [1.82, 2.24) is 4.72 Å². The first-order valence-corrected chi connectivity index (χ1v) is 6.10. The molecule has 0 amide bonds. The molecule has 0 saturated carbocycles. The van der Waals surface area contributed by atoms with E-state index in [0.717, 1.165) is 0 Å². The first kappa shape index (κ1) is 12.6. The molecule has 0 fully saturated rings. The Kier molecular flexibility index (Phi) is 3.61. The second-order valence-electron chi connectivity index (χ2n) is 3.24. The minimum Gasteiger partial charge on any atom is -0.258 e. The van der Waals surface area contributed by atoms with Gasteiger partial charge >= 0.3 is 0 Å². The summed E-state index contributed by atoms with van der Waals surface area (Å²) in [6, 6.07) is 5.46. The van der Waals surface area contributed by atoms with E-state index in [-0.39, 0.29) is 5.69 Å². The Morgan fingerprint density at radius 1 is 1.31 bits per heavy atom. The van der Waals surface area contributed by atoms with Crippen LogP contribution in [0.3, 0.4) is 0 Å². The van der Waals surface area contributed by atoms with Gasteiger partial charge in [-0.1, -0.05) is 12.1 Å². The van der Waals surface area contributed by atoms with E-state index in [9.17, 15) is 18.5 Å². The van der Waals surface area contributed by atoms with Gasteiger partial charge < -0.3 is 0 Å². The van der Waals surface area contributed by atoms with Crippen molar-refractivity contribution < 1.29 is 13.3 Å². The second-order valence-corrected chi connectivity index (χ2v) is 5.45. The highest BCUT2D eigenvalue weighted by atomic mass is 32.2. The Morgan fingerprint density at radius 2 is 1.81 bits per heavy atom. The zero-order valence-corrected chi connectivity index (χ0v) is 9.69. The summed E-state index contributed by atoms with van der Waals surface area (Å²) in [5.74, 6) is 0. The number of sulfonamides is 1. The lowest BCUT2D eigenvalue weighted by atomic mass is 10.1. The summed E-state index contributed by atoms with van der Waals surface area (Å²) in [7, 11) is -2.07. The van der Waals surface area contributed by atoms with Crippen LogP contribution in [0.15, 0.2) is 24.3 Å². The van der Waals surface area contributed by atoms with Crippen LogP contribution in [0, 0.1) is 10.1 Å². The zero-order valence-electron chi connectivity index (χ0n) is 8.88. The third-order valence-corrected chi connectivity index (χ3v) is 4.10. The molecule has 0 aromatic heterocycles. The highest BCUT2D eigenvalue weighted by Gasteiger charge is 2.20. The van der Waals surface area contributed by atoms with Crippen molar-refractivity contribution in [1.29, 1.82) is 0 Å². The number of nitro benzene ring substituents is 1. The number of nitrogens with zero attached hydrogens (tertiary/aromatic N) is 1. The van der Waals surface area contributed by atoms with E-state index < -0.39 is 20.2 Å². The van der Waals surface area contributed by atoms with Crippen LogP contribution in [0.1, 0.15) is 17.7 Å². The molecule has 1 unspecified atom stereocenters. The molecular formula is C9H12N2O4S. The summed E-state index contributed by atoms with van der Waals surface area (Å²) < 4.78 is 25.2. The van der Waals surface area contributed by atoms with Crippen molar-refractivity contribution in [3.8, 4) is 0 Å². The number of nitro groups is 1. The molecule has 1 rings (SSSR count). The molecule has 0 aliphatic heterocycles. The van der Waals surface area contributed by atoms with E-state index >= 15 is 0 Å². The minimum atomic E-state index is -3.40. The lowest BCUT2D eigenvalue weighted by Crippen LogP contribution is -2.23. The van der Waals surface area contributed by atoms with Gasteiger partial charge in [0.05, 0.1) is 10.2 Å². The second kappa shape index (κ2) is 4.58. The lowest BCUT2D eigenvalue weighted by molar-refractivity contribution is -0.384. The third kappa shape index (κ3) is 2.56. The predicted octanol–water partition coefficient (Wildman–Crippen LogP) is 1.20. The molecule has 16 heavy (non-hydrogen) atoms. The van der Waals surface area contributed by atoms with Gasteiger partial charge in [-0.05, 0) is 19.5 Å². The molecule has 0 radical (unpaired) electrons. The average Bonchev–Trinajstić information content (AvgIpc) is 2.28. The van der Waals surface area contributed by atoms with Crippen LogP contribution in [0.5, 0.6) is 0 Å². The molecule has 0 bridgehead atoms. The largest absolute Gasteiger partial charge is 0.269 e. The fraction of sp³-hybridized carbons (Fsp3) is 0.333. The quantitative estimate of drug-likeness (QED) is 0.636. The maximum atomic E-state index is 11.5. The summed E-state index contributed by atoms with van der Waals surface area (Å²) in [6.07, 6.45) is 0. The van der Waals surface area contributed by atoms with Gasteiger partial charge in [0.15, 0.2) is 0 Å². The third-order valence-electron chi connectivity index (χ3n) is 2.32. The molecule has 0 saturated heterocycles. The van der Waals surface area contributed by atoms with Crippen LogP contribution in [-0.2, 0) is 10.0 Å². The molecule has 0 spiro atoms. The zero-order chi connectivity index (χ0) is 12.3. The van der Waals surface area contributed by atoms with E-state index in [1.165, 1.54) is 38.2 Å². The van der Waals surface area contributed by atoms with Crippen LogP contribution in [0.25, 0.3) is 0 Å². The van der Waals surface area contributed by atoms with Crippen molar-refractivity contribution in [2.45, 2.75) is 12.2 Å². The highest BCUT2D eigenvalue weighted by molar-refractivity contribution is 7.89. The van der Waals surface area contributed by atoms with Crippen molar-refractivity contribution in [3.63, 3.8) is 0 Å². The summed E-state index contributed by atoms with van der Waals surface area (Å²) >= 11 is 0. The highest BCUT2D eigenvalue weighted by Crippen LogP contribution is 2.22. The van der Waals surface area contributed by atoms with Crippen molar-refractivity contribution in [3.05, 3.63) is 39.9 Å². The molecule has 1 aromatic carbocycles. The summed E-state index contributed by atoms with van der Waals surface area (Å²) in [5.41, 5.74) is 0.456.